The minimum atomic E-state index is -4.22. The van der Waals surface area contributed by atoms with Gasteiger partial charge in [-0.15, -0.1) is 0 Å². The number of likely N-dealkylation sites (tertiary alicyclic amines) is 1. The Morgan fingerprint density at radius 2 is 1.73 bits per heavy atom. The van der Waals surface area contributed by atoms with Crippen molar-refractivity contribution in [1.82, 2.24) is 35.6 Å². The van der Waals surface area contributed by atoms with E-state index in [1.54, 1.807) is 11.9 Å². The van der Waals surface area contributed by atoms with Gasteiger partial charge in [-0.3, -0.25) is 31.2 Å². The summed E-state index contributed by atoms with van der Waals surface area (Å²) in [7, 11) is 3.80. The van der Waals surface area contributed by atoms with E-state index in [1.807, 2.05) is 7.05 Å². The monoisotopic (exact) mass is 528 g/mol. The molecule has 212 valence electrons. The van der Waals surface area contributed by atoms with Gasteiger partial charge in [0.1, 0.15) is 18.5 Å². The first-order valence-corrected chi connectivity index (χ1v) is 14.4. The number of rotatable bonds is 5. The third-order valence-electron chi connectivity index (χ3n) is 9.94. The molecule has 37 heavy (non-hydrogen) atoms. The van der Waals surface area contributed by atoms with Gasteiger partial charge in [-0.1, -0.05) is 26.7 Å². The maximum Gasteiger partial charge on any atom is 0.405 e. The average Bonchev–Trinajstić information content (AvgIpc) is 3.38. The molecule has 5 rings (SSSR count). The van der Waals surface area contributed by atoms with Crippen molar-refractivity contribution in [3.63, 3.8) is 0 Å². The number of hydrogen-bond acceptors (Lipinski definition) is 6. The highest BCUT2D eigenvalue weighted by Gasteiger charge is 2.49. The number of alkyl halides is 3. The molecule has 0 aromatic rings. The van der Waals surface area contributed by atoms with Gasteiger partial charge in [-0.2, -0.15) is 13.2 Å². The molecule has 4 aliphatic heterocycles. The van der Waals surface area contributed by atoms with Crippen LogP contribution in [0.5, 0.6) is 0 Å². The number of halogens is 3. The lowest BCUT2D eigenvalue weighted by Crippen LogP contribution is -2.67. The van der Waals surface area contributed by atoms with Crippen LogP contribution in [-0.4, -0.2) is 109 Å². The Balaban J connectivity index is 1.19. The number of guanidine groups is 1. The third kappa shape index (κ3) is 5.48. The highest BCUT2D eigenvalue weighted by Crippen LogP contribution is 2.38. The van der Waals surface area contributed by atoms with Crippen molar-refractivity contribution in [1.29, 1.82) is 5.41 Å². The summed E-state index contributed by atoms with van der Waals surface area (Å²) in [4.78, 5) is 8.31. The first-order valence-electron chi connectivity index (χ1n) is 14.4. The maximum atomic E-state index is 13.2. The van der Waals surface area contributed by atoms with E-state index < -0.39 is 12.2 Å². The van der Waals surface area contributed by atoms with Gasteiger partial charge in [0.2, 0.25) is 0 Å². The molecule has 0 spiro atoms. The number of hydrogen-bond donors (Lipinski definition) is 4. The number of nitrogens with one attached hydrogen (secondary N) is 4. The van der Waals surface area contributed by atoms with Gasteiger partial charge in [0, 0.05) is 39.8 Å². The maximum absolute atomic E-state index is 13.2. The standard InChI is InChI=1S/C26H47F3N8/c1-16(2)18-7-5-6-8-19(18)22-31-13-20-23(33-22)37(24(30)35(20)4)14-17-9-11-36(12-10-17)25-32-21(15-34(25)3)26(27,28)29/h16-23,25,30-33H,5-15H2,1-4H3. The van der Waals surface area contributed by atoms with Gasteiger partial charge in [-0.05, 0) is 56.4 Å². The van der Waals surface area contributed by atoms with Gasteiger partial charge in [0.15, 0.2) is 5.96 Å². The summed E-state index contributed by atoms with van der Waals surface area (Å²) >= 11 is 0. The Labute approximate surface area is 220 Å². The first-order chi connectivity index (χ1) is 17.5. The SMILES string of the molecule is CC(C)C1CCCCC1C1NCC2C(N1)N(CC1CCN(C3NC(C(F)(F)F)CN3C)CC1)C(=N)N2C. The highest BCUT2D eigenvalue weighted by molar-refractivity contribution is 5.80. The summed E-state index contributed by atoms with van der Waals surface area (Å²) in [6.45, 7) is 7.97. The zero-order valence-corrected chi connectivity index (χ0v) is 22.9. The molecule has 11 heteroatoms. The molecule has 0 aromatic heterocycles. The number of likely N-dealkylation sites (N-methyl/N-ethyl adjacent to an activating group) is 2. The summed E-state index contributed by atoms with van der Waals surface area (Å²) in [5.41, 5.74) is 0. The van der Waals surface area contributed by atoms with Crippen molar-refractivity contribution in [2.24, 2.45) is 23.7 Å². The molecule has 4 saturated heterocycles. The molecule has 0 bridgehead atoms. The molecule has 7 unspecified atom stereocenters. The Morgan fingerprint density at radius 3 is 2.38 bits per heavy atom. The topological polar surface area (TPSA) is 72.9 Å². The van der Waals surface area contributed by atoms with Crippen LogP contribution in [0.3, 0.4) is 0 Å². The lowest BCUT2D eigenvalue weighted by Gasteiger charge is -2.46. The summed E-state index contributed by atoms with van der Waals surface area (Å²) in [5.74, 6) is 3.04. The van der Waals surface area contributed by atoms with E-state index in [4.69, 9.17) is 5.41 Å². The fourth-order valence-corrected chi connectivity index (χ4v) is 7.74. The van der Waals surface area contributed by atoms with Crippen LogP contribution >= 0.6 is 0 Å². The number of nitrogens with zero attached hydrogens (tertiary/aromatic N) is 4. The van der Waals surface area contributed by atoms with E-state index in [0.29, 0.717) is 23.7 Å². The quantitative estimate of drug-likeness (QED) is 0.437. The molecule has 5 aliphatic rings. The highest BCUT2D eigenvalue weighted by atomic mass is 19.4. The largest absolute Gasteiger partial charge is 0.405 e. The molecule has 4 heterocycles. The molecule has 0 aromatic carbocycles. The Morgan fingerprint density at radius 1 is 1.03 bits per heavy atom. The van der Waals surface area contributed by atoms with Crippen LogP contribution in [0.4, 0.5) is 13.2 Å². The second kappa shape index (κ2) is 10.8. The minimum absolute atomic E-state index is 0.00598. The molecule has 4 N–H and O–H groups in total. The molecule has 1 aliphatic carbocycles. The van der Waals surface area contributed by atoms with Crippen LogP contribution in [0.2, 0.25) is 0 Å². The zero-order valence-electron chi connectivity index (χ0n) is 22.9. The average molecular weight is 529 g/mol. The summed E-state index contributed by atoms with van der Waals surface area (Å²) in [6.07, 6.45) is 2.92. The lowest BCUT2D eigenvalue weighted by atomic mass is 9.71. The van der Waals surface area contributed by atoms with E-state index in [9.17, 15) is 13.2 Å². The van der Waals surface area contributed by atoms with Crippen LogP contribution in [0.15, 0.2) is 0 Å². The molecule has 0 amide bonds. The molecule has 1 saturated carbocycles. The van der Waals surface area contributed by atoms with E-state index in [0.717, 1.165) is 44.9 Å². The van der Waals surface area contributed by atoms with Crippen LogP contribution in [0.25, 0.3) is 0 Å². The van der Waals surface area contributed by atoms with Crippen molar-refractivity contribution >= 4 is 5.96 Å². The van der Waals surface area contributed by atoms with Gasteiger partial charge in [0.25, 0.3) is 0 Å². The van der Waals surface area contributed by atoms with Gasteiger partial charge >= 0.3 is 6.18 Å². The fourth-order valence-electron chi connectivity index (χ4n) is 7.74. The van der Waals surface area contributed by atoms with E-state index in [-0.39, 0.29) is 31.2 Å². The predicted molar refractivity (Wildman–Crippen MR) is 139 cm³/mol. The van der Waals surface area contributed by atoms with Crippen molar-refractivity contribution < 1.29 is 13.2 Å². The summed E-state index contributed by atoms with van der Waals surface area (Å²) in [5, 5.41) is 19.4. The normalized spacial score (nSPS) is 39.1. The predicted octanol–water partition coefficient (Wildman–Crippen LogP) is 2.31. The minimum Gasteiger partial charge on any atom is -0.338 e. The van der Waals surface area contributed by atoms with Gasteiger partial charge < -0.3 is 9.80 Å². The smallest absolute Gasteiger partial charge is 0.338 e. The fraction of sp³-hybridized carbons (Fsp3) is 0.962. The molecular weight excluding hydrogens is 481 g/mol. The number of fused-ring (bicyclic) bond motifs is 1. The molecule has 7 atom stereocenters. The van der Waals surface area contributed by atoms with Crippen LogP contribution in [-0.2, 0) is 0 Å². The van der Waals surface area contributed by atoms with Crippen molar-refractivity contribution in [3.05, 3.63) is 0 Å². The lowest BCUT2D eigenvalue weighted by molar-refractivity contribution is -0.151. The second-order valence-corrected chi connectivity index (χ2v) is 12.6. The Kier molecular flexibility index (Phi) is 8.00. The van der Waals surface area contributed by atoms with Crippen molar-refractivity contribution in [2.45, 2.75) is 89.3 Å². The first kappa shape index (κ1) is 27.4. The van der Waals surface area contributed by atoms with Gasteiger partial charge in [0.05, 0.1) is 12.2 Å². The molecule has 8 nitrogen and oxygen atoms in total. The summed E-state index contributed by atoms with van der Waals surface area (Å²) < 4.78 is 39.7. The second-order valence-electron chi connectivity index (χ2n) is 12.6. The van der Waals surface area contributed by atoms with Crippen LogP contribution in [0.1, 0.15) is 52.4 Å². The van der Waals surface area contributed by atoms with E-state index in [1.165, 1.54) is 25.7 Å². The van der Waals surface area contributed by atoms with Crippen molar-refractivity contribution in [2.75, 3.05) is 46.8 Å². The summed E-state index contributed by atoms with van der Waals surface area (Å²) in [6, 6.07) is -1.23. The van der Waals surface area contributed by atoms with E-state index >= 15 is 0 Å². The van der Waals surface area contributed by atoms with Crippen molar-refractivity contribution in [3.8, 4) is 0 Å². The molecule has 5 fully saturated rings. The van der Waals surface area contributed by atoms with Crippen LogP contribution in [0, 0.1) is 29.1 Å². The zero-order chi connectivity index (χ0) is 26.5. The van der Waals surface area contributed by atoms with Gasteiger partial charge in [-0.25, -0.2) is 0 Å². The Bertz CT molecular complexity index is 801. The van der Waals surface area contributed by atoms with E-state index in [2.05, 4.69) is 44.5 Å². The molecule has 0 radical (unpaired) electrons. The van der Waals surface area contributed by atoms with Crippen LogP contribution < -0.4 is 16.0 Å². The third-order valence-corrected chi connectivity index (χ3v) is 9.94. The number of piperidine rings is 1. The molecular formula is C26H47F3N8. The Hall–Kier alpha value is -1.14.